The highest BCUT2D eigenvalue weighted by molar-refractivity contribution is 5.84. The van der Waals surface area contributed by atoms with E-state index in [9.17, 15) is 14.0 Å². The lowest BCUT2D eigenvalue weighted by Gasteiger charge is -2.18. The summed E-state index contributed by atoms with van der Waals surface area (Å²) >= 11 is 0. The minimum Gasteiger partial charge on any atom is -0.497 e. The molecule has 148 valence electrons. The summed E-state index contributed by atoms with van der Waals surface area (Å²) in [5, 5.41) is 12.0. The van der Waals surface area contributed by atoms with Crippen LogP contribution in [-0.2, 0) is 9.59 Å². The number of amides is 1. The van der Waals surface area contributed by atoms with E-state index < -0.39 is 17.8 Å². The number of carboxylic acid groups (broad SMARTS) is 1. The Bertz CT molecular complexity index is 868. The van der Waals surface area contributed by atoms with Crippen LogP contribution in [0.2, 0.25) is 0 Å². The van der Waals surface area contributed by atoms with E-state index in [2.05, 4.69) is 5.32 Å². The minimum absolute atomic E-state index is 0.0243. The quantitative estimate of drug-likeness (QED) is 0.726. The Hall–Kier alpha value is -3.09. The number of halogens is 1. The van der Waals surface area contributed by atoms with Crippen molar-refractivity contribution < 1.29 is 28.6 Å². The summed E-state index contributed by atoms with van der Waals surface area (Å²) in [5.74, 6) is -0.640. The van der Waals surface area contributed by atoms with E-state index in [4.69, 9.17) is 14.6 Å². The maximum absolute atomic E-state index is 13.2. The Kier molecular flexibility index (Phi) is 5.82. The molecule has 3 atom stereocenters. The minimum atomic E-state index is -1.04. The SMILES string of the molecule is COc1ccc(OC)c(C2CC2C(=O)NC(CC(=O)O)c2ccc(F)cc2)c1. The van der Waals surface area contributed by atoms with Crippen LogP contribution < -0.4 is 14.8 Å². The largest absolute Gasteiger partial charge is 0.497 e. The summed E-state index contributed by atoms with van der Waals surface area (Å²) in [7, 11) is 3.14. The molecule has 3 rings (SSSR count). The first-order valence-electron chi connectivity index (χ1n) is 8.92. The van der Waals surface area contributed by atoms with E-state index in [0.29, 0.717) is 23.5 Å². The molecule has 2 aromatic rings. The summed E-state index contributed by atoms with van der Waals surface area (Å²) in [5.41, 5.74) is 1.44. The lowest BCUT2D eigenvalue weighted by molar-refractivity contribution is -0.137. The number of benzene rings is 2. The van der Waals surface area contributed by atoms with Crippen molar-refractivity contribution in [3.05, 3.63) is 59.4 Å². The summed E-state index contributed by atoms with van der Waals surface area (Å²) in [6, 6.07) is 10.2. The van der Waals surface area contributed by atoms with Gasteiger partial charge in [-0.2, -0.15) is 0 Å². The van der Waals surface area contributed by atoms with E-state index in [1.807, 2.05) is 6.07 Å². The van der Waals surface area contributed by atoms with Gasteiger partial charge >= 0.3 is 5.97 Å². The predicted octanol–water partition coefficient (Wildman–Crippen LogP) is 3.28. The molecule has 0 heterocycles. The van der Waals surface area contributed by atoms with Gasteiger partial charge in [0.1, 0.15) is 17.3 Å². The van der Waals surface area contributed by atoms with Gasteiger partial charge in [-0.25, -0.2) is 4.39 Å². The maximum atomic E-state index is 13.2. The molecule has 3 unspecified atom stereocenters. The van der Waals surface area contributed by atoms with Crippen molar-refractivity contribution in [3.8, 4) is 11.5 Å². The molecule has 1 aliphatic rings. The van der Waals surface area contributed by atoms with Gasteiger partial charge in [0.15, 0.2) is 0 Å². The molecule has 6 nitrogen and oxygen atoms in total. The van der Waals surface area contributed by atoms with Crippen molar-refractivity contribution in [2.75, 3.05) is 14.2 Å². The smallest absolute Gasteiger partial charge is 0.305 e. The van der Waals surface area contributed by atoms with E-state index >= 15 is 0 Å². The van der Waals surface area contributed by atoms with Gasteiger partial charge in [-0.3, -0.25) is 9.59 Å². The molecule has 0 radical (unpaired) electrons. The summed E-state index contributed by atoms with van der Waals surface area (Å²) in [4.78, 5) is 23.9. The molecule has 0 aliphatic heterocycles. The average Bonchev–Trinajstić information content (AvgIpc) is 3.48. The fourth-order valence-electron chi connectivity index (χ4n) is 3.36. The zero-order valence-corrected chi connectivity index (χ0v) is 15.6. The van der Waals surface area contributed by atoms with Gasteiger partial charge in [-0.1, -0.05) is 12.1 Å². The molecule has 0 spiro atoms. The van der Waals surface area contributed by atoms with Gasteiger partial charge in [-0.05, 0) is 42.3 Å². The highest BCUT2D eigenvalue weighted by Crippen LogP contribution is 2.51. The third kappa shape index (κ3) is 4.42. The zero-order valence-electron chi connectivity index (χ0n) is 15.6. The Labute approximate surface area is 162 Å². The first-order chi connectivity index (χ1) is 13.4. The lowest BCUT2D eigenvalue weighted by Crippen LogP contribution is -2.31. The monoisotopic (exact) mass is 387 g/mol. The van der Waals surface area contributed by atoms with Crippen molar-refractivity contribution in [1.29, 1.82) is 0 Å². The summed E-state index contributed by atoms with van der Waals surface area (Å²) < 4.78 is 23.8. The van der Waals surface area contributed by atoms with Crippen LogP contribution in [0.5, 0.6) is 11.5 Å². The molecule has 0 saturated heterocycles. The van der Waals surface area contributed by atoms with Crippen LogP contribution in [0.25, 0.3) is 0 Å². The highest BCUT2D eigenvalue weighted by Gasteiger charge is 2.46. The predicted molar refractivity (Wildman–Crippen MR) is 99.9 cm³/mol. The number of carbonyl (C=O) groups excluding carboxylic acids is 1. The van der Waals surface area contributed by atoms with Crippen molar-refractivity contribution >= 4 is 11.9 Å². The molecule has 1 aliphatic carbocycles. The van der Waals surface area contributed by atoms with E-state index in [0.717, 1.165) is 5.56 Å². The highest BCUT2D eigenvalue weighted by atomic mass is 19.1. The number of hydrogen-bond donors (Lipinski definition) is 2. The average molecular weight is 387 g/mol. The normalized spacial score (nSPS) is 18.8. The van der Waals surface area contributed by atoms with Crippen molar-refractivity contribution in [1.82, 2.24) is 5.32 Å². The van der Waals surface area contributed by atoms with Gasteiger partial charge in [0, 0.05) is 17.4 Å². The van der Waals surface area contributed by atoms with Crippen molar-refractivity contribution in [2.24, 2.45) is 5.92 Å². The molecule has 2 aromatic carbocycles. The Morgan fingerprint density at radius 2 is 1.89 bits per heavy atom. The number of nitrogens with one attached hydrogen (secondary N) is 1. The summed E-state index contributed by atoms with van der Waals surface area (Å²) in [6.45, 7) is 0. The maximum Gasteiger partial charge on any atom is 0.305 e. The number of ether oxygens (including phenoxy) is 2. The number of hydrogen-bond acceptors (Lipinski definition) is 4. The second kappa shape index (κ2) is 8.29. The van der Waals surface area contributed by atoms with Crippen LogP contribution in [0.4, 0.5) is 4.39 Å². The molecular weight excluding hydrogens is 365 g/mol. The van der Waals surface area contributed by atoms with Crippen LogP contribution in [0.1, 0.15) is 35.9 Å². The lowest BCUT2D eigenvalue weighted by atomic mass is 10.0. The molecular formula is C21H22FNO5. The molecule has 1 saturated carbocycles. The van der Waals surface area contributed by atoms with Crippen molar-refractivity contribution in [3.63, 3.8) is 0 Å². The van der Waals surface area contributed by atoms with E-state index in [-0.39, 0.29) is 24.2 Å². The first-order valence-corrected chi connectivity index (χ1v) is 8.92. The third-order valence-electron chi connectivity index (χ3n) is 4.93. The standard InChI is InChI=1S/C21H22FNO5/c1-27-14-7-8-19(28-2)16(9-14)15-10-17(15)21(26)23-18(11-20(24)25)12-3-5-13(22)6-4-12/h3-9,15,17-18H,10-11H2,1-2H3,(H,23,26)(H,24,25). The molecule has 0 aromatic heterocycles. The molecule has 1 fully saturated rings. The first kappa shape index (κ1) is 19.7. The van der Waals surface area contributed by atoms with E-state index in [1.54, 1.807) is 26.4 Å². The van der Waals surface area contributed by atoms with Crippen molar-refractivity contribution in [2.45, 2.75) is 24.8 Å². The fourth-order valence-corrected chi connectivity index (χ4v) is 3.36. The van der Waals surface area contributed by atoms with Gasteiger partial charge < -0.3 is 19.9 Å². The number of rotatable bonds is 8. The molecule has 0 bridgehead atoms. The number of carbonyl (C=O) groups is 2. The molecule has 7 heteroatoms. The van der Waals surface area contributed by atoms with Gasteiger partial charge in [0.25, 0.3) is 0 Å². The Morgan fingerprint density at radius 3 is 2.50 bits per heavy atom. The number of aliphatic carboxylic acids is 1. The number of methoxy groups -OCH3 is 2. The Balaban J connectivity index is 1.73. The van der Waals surface area contributed by atoms with Gasteiger partial charge in [0.2, 0.25) is 5.91 Å². The second-order valence-electron chi connectivity index (χ2n) is 6.77. The van der Waals surface area contributed by atoms with Gasteiger partial charge in [0.05, 0.1) is 26.7 Å². The second-order valence-corrected chi connectivity index (χ2v) is 6.77. The fraction of sp³-hybridized carbons (Fsp3) is 0.333. The van der Waals surface area contributed by atoms with Crippen LogP contribution in [0, 0.1) is 11.7 Å². The summed E-state index contributed by atoms with van der Waals surface area (Å²) in [6.07, 6.45) is 0.357. The molecule has 1 amide bonds. The molecule has 28 heavy (non-hydrogen) atoms. The van der Waals surface area contributed by atoms with Crippen LogP contribution in [-0.4, -0.2) is 31.2 Å². The number of carboxylic acids is 1. The zero-order chi connectivity index (χ0) is 20.3. The third-order valence-corrected chi connectivity index (χ3v) is 4.93. The van der Waals surface area contributed by atoms with Crippen LogP contribution >= 0.6 is 0 Å². The van der Waals surface area contributed by atoms with Gasteiger partial charge in [-0.15, -0.1) is 0 Å². The topological polar surface area (TPSA) is 84.9 Å². The molecule has 2 N–H and O–H groups in total. The van der Waals surface area contributed by atoms with E-state index in [1.165, 1.54) is 24.3 Å². The van der Waals surface area contributed by atoms with Crippen LogP contribution in [0.3, 0.4) is 0 Å². The Morgan fingerprint density at radius 1 is 1.18 bits per heavy atom. The van der Waals surface area contributed by atoms with Crippen LogP contribution in [0.15, 0.2) is 42.5 Å².